The summed E-state index contributed by atoms with van der Waals surface area (Å²) < 4.78 is 61.5. The van der Waals surface area contributed by atoms with Crippen molar-refractivity contribution in [3.05, 3.63) is 23.8 Å². The molecule has 2 unspecified atom stereocenters. The van der Waals surface area contributed by atoms with Crippen LogP contribution in [0.1, 0.15) is 18.4 Å². The Morgan fingerprint density at radius 1 is 1.37 bits per heavy atom. The van der Waals surface area contributed by atoms with Crippen LogP contribution in [0.3, 0.4) is 0 Å². The van der Waals surface area contributed by atoms with Gasteiger partial charge in [-0.05, 0) is 24.6 Å². The number of halogens is 3. The SMILES string of the molecule is CN(C(=O)CC1Sc2ccc(C(F)(F)F)cc2NC1=O)C1CCS(=O)(=O)C1. The van der Waals surface area contributed by atoms with Crippen LogP contribution in [-0.4, -0.2) is 55.0 Å². The fourth-order valence-electron chi connectivity index (χ4n) is 3.05. The van der Waals surface area contributed by atoms with E-state index in [2.05, 4.69) is 5.32 Å². The lowest BCUT2D eigenvalue weighted by atomic mass is 10.1. The highest BCUT2D eigenvalue weighted by Crippen LogP contribution is 2.40. The predicted molar refractivity (Wildman–Crippen MR) is 94.2 cm³/mol. The van der Waals surface area contributed by atoms with E-state index in [-0.39, 0.29) is 29.5 Å². The average Bonchev–Trinajstić information content (AvgIpc) is 2.93. The highest BCUT2D eigenvalue weighted by atomic mass is 32.2. The minimum Gasteiger partial charge on any atom is -0.342 e. The van der Waals surface area contributed by atoms with Crippen LogP contribution in [0.15, 0.2) is 23.1 Å². The topological polar surface area (TPSA) is 83.6 Å². The normalized spacial score (nSPS) is 24.2. The van der Waals surface area contributed by atoms with Gasteiger partial charge in [-0.15, -0.1) is 11.8 Å². The van der Waals surface area contributed by atoms with Crippen LogP contribution in [0.2, 0.25) is 0 Å². The molecule has 2 aliphatic rings. The molecule has 0 spiro atoms. The van der Waals surface area contributed by atoms with Crippen molar-refractivity contribution in [1.82, 2.24) is 4.90 Å². The molecular weight excluding hydrogens is 405 g/mol. The summed E-state index contributed by atoms with van der Waals surface area (Å²) in [6.07, 6.45) is -4.32. The van der Waals surface area contributed by atoms with E-state index >= 15 is 0 Å². The molecule has 27 heavy (non-hydrogen) atoms. The standard InChI is InChI=1S/C16H17F3N2O4S2/c1-21(10-4-5-27(24,25)8-10)14(22)7-13-15(23)20-11-6-9(16(17,18)19)2-3-12(11)26-13/h2-3,6,10,13H,4-5,7-8H2,1H3,(H,20,23). The molecule has 0 radical (unpaired) electrons. The second kappa shape index (κ2) is 7.01. The van der Waals surface area contributed by atoms with E-state index in [0.29, 0.717) is 11.3 Å². The van der Waals surface area contributed by atoms with Crippen LogP contribution in [-0.2, 0) is 25.6 Å². The third-order valence-corrected chi connectivity index (χ3v) is 7.66. The number of alkyl halides is 3. The number of rotatable bonds is 3. The molecule has 11 heteroatoms. The van der Waals surface area contributed by atoms with E-state index in [1.807, 2.05) is 0 Å². The zero-order chi connectivity index (χ0) is 20.0. The average molecular weight is 422 g/mol. The van der Waals surface area contributed by atoms with Gasteiger partial charge in [0.25, 0.3) is 0 Å². The summed E-state index contributed by atoms with van der Waals surface area (Å²) in [7, 11) is -1.64. The van der Waals surface area contributed by atoms with E-state index in [1.54, 1.807) is 0 Å². The lowest BCUT2D eigenvalue weighted by molar-refractivity contribution is -0.137. The maximum Gasteiger partial charge on any atom is 0.416 e. The van der Waals surface area contributed by atoms with Gasteiger partial charge in [-0.2, -0.15) is 13.2 Å². The molecule has 1 N–H and O–H groups in total. The summed E-state index contributed by atoms with van der Waals surface area (Å²) in [6, 6.07) is 2.65. The van der Waals surface area contributed by atoms with Crippen molar-refractivity contribution < 1.29 is 31.2 Å². The van der Waals surface area contributed by atoms with Gasteiger partial charge in [0.2, 0.25) is 11.8 Å². The molecule has 1 aromatic rings. The van der Waals surface area contributed by atoms with Gasteiger partial charge in [-0.25, -0.2) is 8.42 Å². The van der Waals surface area contributed by atoms with Crippen LogP contribution >= 0.6 is 11.8 Å². The number of carbonyl (C=O) groups is 2. The maximum atomic E-state index is 12.8. The summed E-state index contributed by atoms with van der Waals surface area (Å²) in [5.74, 6) is -0.988. The highest BCUT2D eigenvalue weighted by Gasteiger charge is 2.37. The Kier molecular flexibility index (Phi) is 5.19. The van der Waals surface area contributed by atoms with Gasteiger partial charge in [-0.1, -0.05) is 0 Å². The smallest absolute Gasteiger partial charge is 0.342 e. The molecule has 2 amide bonds. The molecule has 0 aliphatic carbocycles. The quantitative estimate of drug-likeness (QED) is 0.807. The van der Waals surface area contributed by atoms with Crippen LogP contribution in [0.25, 0.3) is 0 Å². The Morgan fingerprint density at radius 2 is 2.07 bits per heavy atom. The first-order chi connectivity index (χ1) is 12.5. The van der Waals surface area contributed by atoms with Crippen LogP contribution in [0.4, 0.5) is 18.9 Å². The Morgan fingerprint density at radius 3 is 2.67 bits per heavy atom. The minimum atomic E-state index is -4.51. The Labute approximate surface area is 158 Å². The van der Waals surface area contributed by atoms with Crippen molar-refractivity contribution in [3.63, 3.8) is 0 Å². The van der Waals surface area contributed by atoms with Crippen molar-refractivity contribution >= 4 is 39.1 Å². The van der Waals surface area contributed by atoms with Crippen LogP contribution in [0.5, 0.6) is 0 Å². The van der Waals surface area contributed by atoms with Gasteiger partial charge in [0.1, 0.15) is 0 Å². The third kappa shape index (κ3) is 4.40. The van der Waals surface area contributed by atoms with Crippen LogP contribution < -0.4 is 5.32 Å². The number of sulfone groups is 1. The van der Waals surface area contributed by atoms with Crippen LogP contribution in [0, 0.1) is 0 Å². The molecule has 0 saturated carbocycles. The molecule has 1 fully saturated rings. The molecule has 1 aromatic carbocycles. The monoisotopic (exact) mass is 422 g/mol. The van der Waals surface area contributed by atoms with Crippen molar-refractivity contribution in [2.75, 3.05) is 23.9 Å². The second-order valence-corrected chi connectivity index (χ2v) is 10.0. The number of nitrogens with zero attached hydrogens (tertiary/aromatic N) is 1. The highest BCUT2D eigenvalue weighted by molar-refractivity contribution is 8.01. The van der Waals surface area contributed by atoms with Gasteiger partial charge in [0.05, 0.1) is 28.0 Å². The van der Waals surface area contributed by atoms with Crippen molar-refractivity contribution in [2.45, 2.75) is 35.2 Å². The summed E-state index contributed by atoms with van der Waals surface area (Å²) in [6.45, 7) is 0. The molecule has 6 nitrogen and oxygen atoms in total. The third-order valence-electron chi connectivity index (χ3n) is 4.64. The molecule has 0 aromatic heterocycles. The minimum absolute atomic E-state index is 0.0306. The fourth-order valence-corrected chi connectivity index (χ4v) is 5.90. The summed E-state index contributed by atoms with van der Waals surface area (Å²) >= 11 is 1.03. The molecular formula is C16H17F3N2O4S2. The molecule has 2 heterocycles. The molecule has 1 saturated heterocycles. The molecule has 148 valence electrons. The number of nitrogens with one attached hydrogen (secondary N) is 1. The number of thioether (sulfide) groups is 1. The Hall–Kier alpha value is -1.75. The number of benzene rings is 1. The van der Waals surface area contributed by atoms with Crippen molar-refractivity contribution in [2.24, 2.45) is 0 Å². The van der Waals surface area contributed by atoms with E-state index in [9.17, 15) is 31.2 Å². The lowest BCUT2D eigenvalue weighted by Crippen LogP contribution is -2.41. The summed E-state index contributed by atoms with van der Waals surface area (Å²) in [5.41, 5.74) is -0.794. The number of carbonyl (C=O) groups excluding carboxylic acids is 2. The molecule has 3 rings (SSSR count). The molecule has 2 aliphatic heterocycles. The first kappa shape index (κ1) is 20.0. The van der Waals surface area contributed by atoms with E-state index < -0.39 is 38.8 Å². The first-order valence-corrected chi connectivity index (χ1v) is 10.8. The van der Waals surface area contributed by atoms with E-state index in [1.165, 1.54) is 18.0 Å². The number of anilines is 1. The predicted octanol–water partition coefficient (Wildman–Crippen LogP) is 2.15. The Bertz CT molecular complexity index is 886. The first-order valence-electron chi connectivity index (χ1n) is 8.11. The number of fused-ring (bicyclic) bond motifs is 1. The zero-order valence-corrected chi connectivity index (χ0v) is 15.9. The summed E-state index contributed by atoms with van der Waals surface area (Å²) in [5, 5.41) is 1.63. The number of hydrogen-bond acceptors (Lipinski definition) is 5. The largest absolute Gasteiger partial charge is 0.416 e. The van der Waals surface area contributed by atoms with Gasteiger partial charge in [-0.3, -0.25) is 9.59 Å². The van der Waals surface area contributed by atoms with E-state index in [0.717, 1.165) is 23.9 Å². The maximum absolute atomic E-state index is 12.8. The van der Waals surface area contributed by atoms with Crippen molar-refractivity contribution in [1.29, 1.82) is 0 Å². The number of amides is 2. The van der Waals surface area contributed by atoms with Gasteiger partial charge in [0, 0.05) is 24.4 Å². The van der Waals surface area contributed by atoms with Crippen molar-refractivity contribution in [3.8, 4) is 0 Å². The summed E-state index contributed by atoms with van der Waals surface area (Å²) in [4.78, 5) is 26.5. The second-order valence-electron chi connectivity index (χ2n) is 6.57. The fraction of sp³-hybridized carbons (Fsp3) is 0.500. The van der Waals surface area contributed by atoms with Gasteiger partial charge >= 0.3 is 6.18 Å². The van der Waals surface area contributed by atoms with Gasteiger partial charge < -0.3 is 10.2 Å². The molecule has 0 bridgehead atoms. The Balaban J connectivity index is 1.69. The molecule has 2 atom stereocenters. The lowest BCUT2D eigenvalue weighted by Gasteiger charge is -2.28. The van der Waals surface area contributed by atoms with Gasteiger partial charge in [0.15, 0.2) is 9.84 Å². The zero-order valence-electron chi connectivity index (χ0n) is 14.2. The van der Waals surface area contributed by atoms with E-state index in [4.69, 9.17) is 0 Å². The number of hydrogen-bond donors (Lipinski definition) is 1.